The van der Waals surface area contributed by atoms with Crippen molar-refractivity contribution in [2.24, 2.45) is 4.99 Å². The minimum atomic E-state index is 0.230. The number of carbonyl (C=O) groups excluding carboxylic acids is 1. The van der Waals surface area contributed by atoms with Gasteiger partial charge in [0.2, 0.25) is 5.91 Å². The van der Waals surface area contributed by atoms with Crippen molar-refractivity contribution >= 4 is 11.9 Å². The molecule has 1 fully saturated rings. The first-order valence-electron chi connectivity index (χ1n) is 9.57. The standard InChI is InChI=1S/C20H33N5O/c1-5-19(26)25-12-11-18(15-25)23-20(21-6-2)22-13-16-9-7-8-10-17(16)14-24(3)4/h7-10,18H,5-6,11-15H2,1-4H3,(H2,21,22,23). The lowest BCUT2D eigenvalue weighted by Crippen LogP contribution is -2.45. The molecular weight excluding hydrogens is 326 g/mol. The number of nitrogens with zero attached hydrogens (tertiary/aromatic N) is 3. The molecule has 0 aromatic heterocycles. The van der Waals surface area contributed by atoms with Crippen molar-refractivity contribution in [1.82, 2.24) is 20.4 Å². The maximum atomic E-state index is 11.9. The lowest BCUT2D eigenvalue weighted by atomic mass is 10.1. The highest BCUT2D eigenvalue weighted by molar-refractivity contribution is 5.80. The van der Waals surface area contributed by atoms with Gasteiger partial charge < -0.3 is 20.4 Å². The van der Waals surface area contributed by atoms with Crippen LogP contribution in [0.4, 0.5) is 0 Å². The van der Waals surface area contributed by atoms with E-state index in [1.165, 1.54) is 11.1 Å². The zero-order chi connectivity index (χ0) is 18.9. The van der Waals surface area contributed by atoms with Gasteiger partial charge in [0.1, 0.15) is 0 Å². The zero-order valence-corrected chi connectivity index (χ0v) is 16.6. The lowest BCUT2D eigenvalue weighted by Gasteiger charge is -2.19. The zero-order valence-electron chi connectivity index (χ0n) is 16.6. The fourth-order valence-electron chi connectivity index (χ4n) is 3.21. The van der Waals surface area contributed by atoms with Crippen LogP contribution in [0.25, 0.3) is 0 Å². The molecular formula is C20H33N5O. The van der Waals surface area contributed by atoms with Gasteiger partial charge in [0.25, 0.3) is 0 Å². The molecule has 2 rings (SSSR count). The molecule has 6 heteroatoms. The maximum Gasteiger partial charge on any atom is 0.222 e. The van der Waals surface area contributed by atoms with Crippen LogP contribution in [0.2, 0.25) is 0 Å². The average Bonchev–Trinajstić information content (AvgIpc) is 3.08. The van der Waals surface area contributed by atoms with E-state index in [2.05, 4.69) is 60.8 Å². The Kier molecular flexibility index (Phi) is 7.91. The Balaban J connectivity index is 2.00. The monoisotopic (exact) mass is 359 g/mol. The van der Waals surface area contributed by atoms with Crippen LogP contribution in [0.3, 0.4) is 0 Å². The summed E-state index contributed by atoms with van der Waals surface area (Å²) in [6, 6.07) is 8.71. The van der Waals surface area contributed by atoms with Gasteiger partial charge in [-0.25, -0.2) is 4.99 Å². The van der Waals surface area contributed by atoms with Crippen LogP contribution < -0.4 is 10.6 Å². The molecule has 1 saturated heterocycles. The van der Waals surface area contributed by atoms with E-state index in [-0.39, 0.29) is 11.9 Å². The molecule has 0 spiro atoms. The van der Waals surface area contributed by atoms with E-state index in [1.54, 1.807) is 0 Å². The normalized spacial score (nSPS) is 17.7. The molecule has 0 radical (unpaired) electrons. The number of likely N-dealkylation sites (tertiary alicyclic amines) is 1. The van der Waals surface area contributed by atoms with Crippen molar-refractivity contribution in [2.75, 3.05) is 33.7 Å². The molecule has 1 amide bonds. The summed E-state index contributed by atoms with van der Waals surface area (Å²) < 4.78 is 0. The molecule has 1 aromatic carbocycles. The van der Waals surface area contributed by atoms with E-state index in [1.807, 2.05) is 11.8 Å². The highest BCUT2D eigenvalue weighted by Crippen LogP contribution is 2.13. The summed E-state index contributed by atoms with van der Waals surface area (Å²) in [5.74, 6) is 1.05. The second-order valence-electron chi connectivity index (χ2n) is 7.02. The highest BCUT2D eigenvalue weighted by Gasteiger charge is 2.25. The van der Waals surface area contributed by atoms with Crippen LogP contribution >= 0.6 is 0 Å². The van der Waals surface area contributed by atoms with Crippen LogP contribution in [0, 0.1) is 0 Å². The third-order valence-corrected chi connectivity index (χ3v) is 4.54. The maximum absolute atomic E-state index is 11.9. The molecule has 6 nitrogen and oxygen atoms in total. The minimum absolute atomic E-state index is 0.230. The number of nitrogens with one attached hydrogen (secondary N) is 2. The van der Waals surface area contributed by atoms with Crippen LogP contribution in [0.1, 0.15) is 37.8 Å². The molecule has 2 N–H and O–H groups in total. The van der Waals surface area contributed by atoms with Gasteiger partial charge in [0, 0.05) is 38.6 Å². The number of hydrogen-bond acceptors (Lipinski definition) is 3. The third-order valence-electron chi connectivity index (χ3n) is 4.54. The van der Waals surface area contributed by atoms with Crippen molar-refractivity contribution in [3.63, 3.8) is 0 Å². The van der Waals surface area contributed by atoms with Gasteiger partial charge in [-0.1, -0.05) is 31.2 Å². The Bertz CT molecular complexity index is 614. The van der Waals surface area contributed by atoms with Gasteiger partial charge in [-0.3, -0.25) is 4.79 Å². The second-order valence-corrected chi connectivity index (χ2v) is 7.02. The first-order valence-corrected chi connectivity index (χ1v) is 9.57. The molecule has 1 unspecified atom stereocenters. The number of rotatable bonds is 7. The van der Waals surface area contributed by atoms with Gasteiger partial charge in [0.05, 0.1) is 6.54 Å². The molecule has 0 saturated carbocycles. The number of carbonyl (C=O) groups is 1. The average molecular weight is 360 g/mol. The van der Waals surface area contributed by atoms with Crippen LogP contribution in [0.5, 0.6) is 0 Å². The number of amides is 1. The summed E-state index contributed by atoms with van der Waals surface area (Å²) in [5, 5.41) is 6.81. The molecule has 144 valence electrons. The Hall–Kier alpha value is -2.08. The Labute approximate surface area is 157 Å². The fraction of sp³-hybridized carbons (Fsp3) is 0.600. The summed E-state index contributed by atoms with van der Waals surface area (Å²) in [6.07, 6.45) is 1.54. The van der Waals surface area contributed by atoms with Crippen LogP contribution in [-0.4, -0.2) is 61.4 Å². The van der Waals surface area contributed by atoms with Crippen molar-refractivity contribution < 1.29 is 4.79 Å². The van der Waals surface area contributed by atoms with E-state index in [4.69, 9.17) is 4.99 Å². The molecule has 1 atom stereocenters. The molecule has 1 aliphatic heterocycles. The first-order chi connectivity index (χ1) is 12.5. The quantitative estimate of drug-likeness (QED) is 0.576. The van der Waals surface area contributed by atoms with E-state index in [9.17, 15) is 4.79 Å². The predicted molar refractivity (Wildman–Crippen MR) is 107 cm³/mol. The third kappa shape index (κ3) is 6.02. The summed E-state index contributed by atoms with van der Waals surface area (Å²) in [6.45, 7) is 7.94. The molecule has 1 aliphatic rings. The van der Waals surface area contributed by atoms with Crippen molar-refractivity contribution in [1.29, 1.82) is 0 Å². The lowest BCUT2D eigenvalue weighted by molar-refractivity contribution is -0.129. The van der Waals surface area contributed by atoms with E-state index >= 15 is 0 Å². The van der Waals surface area contributed by atoms with Crippen molar-refractivity contribution in [2.45, 2.75) is 45.8 Å². The molecule has 26 heavy (non-hydrogen) atoms. The van der Waals surface area contributed by atoms with E-state index in [0.29, 0.717) is 13.0 Å². The summed E-state index contributed by atoms with van der Waals surface area (Å²) in [7, 11) is 4.16. The van der Waals surface area contributed by atoms with Crippen LogP contribution in [-0.2, 0) is 17.9 Å². The minimum Gasteiger partial charge on any atom is -0.357 e. The van der Waals surface area contributed by atoms with Crippen LogP contribution in [0.15, 0.2) is 29.3 Å². The first kappa shape index (κ1) is 20.2. The Morgan fingerprint density at radius 1 is 1.27 bits per heavy atom. The van der Waals surface area contributed by atoms with Gasteiger partial charge >= 0.3 is 0 Å². The summed E-state index contributed by atoms with van der Waals surface area (Å²) in [5.41, 5.74) is 2.55. The fourth-order valence-corrected chi connectivity index (χ4v) is 3.21. The predicted octanol–water partition coefficient (Wildman–Crippen LogP) is 1.81. The second kappa shape index (κ2) is 10.2. The highest BCUT2D eigenvalue weighted by atomic mass is 16.2. The molecule has 0 aliphatic carbocycles. The molecule has 1 heterocycles. The van der Waals surface area contributed by atoms with Gasteiger partial charge in [0.15, 0.2) is 5.96 Å². The van der Waals surface area contributed by atoms with Crippen molar-refractivity contribution in [3.8, 4) is 0 Å². The Morgan fingerprint density at radius 3 is 2.65 bits per heavy atom. The SMILES string of the molecule is CCNC(=NCc1ccccc1CN(C)C)NC1CCN(C(=O)CC)C1. The number of aliphatic imine (C=N–C) groups is 1. The number of guanidine groups is 1. The van der Waals surface area contributed by atoms with Gasteiger partial charge in [-0.2, -0.15) is 0 Å². The van der Waals surface area contributed by atoms with Gasteiger partial charge in [-0.05, 0) is 38.6 Å². The largest absolute Gasteiger partial charge is 0.357 e. The summed E-state index contributed by atoms with van der Waals surface area (Å²) >= 11 is 0. The molecule has 0 bridgehead atoms. The van der Waals surface area contributed by atoms with E-state index in [0.717, 1.165) is 38.6 Å². The molecule has 1 aromatic rings. The smallest absolute Gasteiger partial charge is 0.222 e. The van der Waals surface area contributed by atoms with Gasteiger partial charge in [-0.15, -0.1) is 0 Å². The number of hydrogen-bond donors (Lipinski definition) is 2. The topological polar surface area (TPSA) is 60.0 Å². The Morgan fingerprint density at radius 2 is 2.00 bits per heavy atom. The summed E-state index contributed by atoms with van der Waals surface area (Å²) in [4.78, 5) is 20.7. The van der Waals surface area contributed by atoms with Crippen molar-refractivity contribution in [3.05, 3.63) is 35.4 Å². The number of benzene rings is 1. The van der Waals surface area contributed by atoms with E-state index < -0.39 is 0 Å².